The lowest BCUT2D eigenvalue weighted by atomic mass is 9.79. The molecule has 3 rings (SSSR count). The van der Waals surface area contributed by atoms with E-state index in [1.165, 1.54) is 49.7 Å². The van der Waals surface area contributed by atoms with E-state index in [1.807, 2.05) is 18.2 Å². The van der Waals surface area contributed by atoms with Gasteiger partial charge in [0.05, 0.1) is 10.0 Å². The van der Waals surface area contributed by atoms with E-state index in [0.717, 1.165) is 17.4 Å². The Morgan fingerprint density at radius 2 is 1.56 bits per heavy atom. The van der Waals surface area contributed by atoms with Gasteiger partial charge in [0.1, 0.15) is 0 Å². The van der Waals surface area contributed by atoms with Crippen molar-refractivity contribution in [2.75, 3.05) is 0 Å². The van der Waals surface area contributed by atoms with Crippen molar-refractivity contribution in [1.29, 1.82) is 0 Å². The van der Waals surface area contributed by atoms with Crippen LogP contribution in [0, 0.1) is 11.8 Å². The topological polar surface area (TPSA) is 0 Å². The summed E-state index contributed by atoms with van der Waals surface area (Å²) in [5, 5.41) is 1.21. The first kappa shape index (κ1) is 18.5. The maximum Gasteiger partial charge on any atom is 0.0598 e. The number of rotatable bonds is 5. The fourth-order valence-corrected chi connectivity index (χ4v) is 4.15. The highest BCUT2D eigenvalue weighted by Crippen LogP contribution is 2.33. The van der Waals surface area contributed by atoms with Gasteiger partial charge in [0.2, 0.25) is 0 Å². The summed E-state index contributed by atoms with van der Waals surface area (Å²) < 4.78 is 0. The highest BCUT2D eigenvalue weighted by Gasteiger charge is 2.19. The summed E-state index contributed by atoms with van der Waals surface area (Å²) in [5.74, 6) is 1.72. The Kier molecular flexibility index (Phi) is 6.62. The summed E-state index contributed by atoms with van der Waals surface area (Å²) in [6.07, 6.45) is 12.6. The van der Waals surface area contributed by atoms with Crippen LogP contribution in [0.2, 0.25) is 10.0 Å². The minimum absolute atomic E-state index is 0.603. The van der Waals surface area contributed by atoms with Crippen LogP contribution in [0.5, 0.6) is 0 Å². The monoisotopic (exact) mass is 372 g/mol. The molecule has 0 heterocycles. The van der Waals surface area contributed by atoms with Crippen molar-refractivity contribution in [2.45, 2.75) is 45.4 Å². The average molecular weight is 373 g/mol. The molecule has 1 saturated carbocycles. The summed E-state index contributed by atoms with van der Waals surface area (Å²) in [6, 6.07) is 14.7. The van der Waals surface area contributed by atoms with Gasteiger partial charge in [-0.3, -0.25) is 0 Å². The minimum Gasteiger partial charge on any atom is -0.0914 e. The number of benzene rings is 2. The van der Waals surface area contributed by atoms with Crippen molar-refractivity contribution < 1.29 is 0 Å². The minimum atomic E-state index is 0.603. The number of allylic oxidation sites excluding steroid dienone is 2. The van der Waals surface area contributed by atoms with Gasteiger partial charge in [0.15, 0.2) is 0 Å². The normalized spacial score (nSPS) is 20.9. The molecule has 0 aromatic heterocycles. The Morgan fingerprint density at radius 1 is 0.880 bits per heavy atom. The van der Waals surface area contributed by atoms with E-state index < -0.39 is 0 Å². The molecule has 1 fully saturated rings. The van der Waals surface area contributed by atoms with Crippen molar-refractivity contribution in [3.8, 4) is 11.1 Å². The van der Waals surface area contributed by atoms with Crippen molar-refractivity contribution in [3.63, 3.8) is 0 Å². The second-order valence-corrected chi connectivity index (χ2v) is 7.99. The molecule has 0 bridgehead atoms. The van der Waals surface area contributed by atoms with E-state index in [2.05, 4.69) is 43.3 Å². The fraction of sp³-hybridized carbons (Fsp3) is 0.391. The second-order valence-electron chi connectivity index (χ2n) is 7.17. The van der Waals surface area contributed by atoms with Crippen LogP contribution < -0.4 is 0 Å². The summed E-state index contributed by atoms with van der Waals surface area (Å²) in [4.78, 5) is 0. The number of hydrogen-bond donors (Lipinski definition) is 0. The largest absolute Gasteiger partial charge is 0.0914 e. The van der Waals surface area contributed by atoms with Gasteiger partial charge in [-0.05, 0) is 86.1 Å². The highest BCUT2D eigenvalue weighted by molar-refractivity contribution is 6.42. The van der Waals surface area contributed by atoms with Crippen LogP contribution in [0.4, 0.5) is 0 Å². The molecule has 1 aliphatic carbocycles. The van der Waals surface area contributed by atoms with E-state index in [-0.39, 0.29) is 0 Å². The third kappa shape index (κ3) is 5.12. The number of aryl methyl sites for hydroxylation is 1. The molecule has 0 aliphatic heterocycles. The molecule has 0 atom stereocenters. The SMILES string of the molecule is CC=C[C@H]1CC[C@H](CCc2ccc(-c3ccc(Cl)c(Cl)c3)cc2)CC1. The zero-order chi connectivity index (χ0) is 17.6. The van der Waals surface area contributed by atoms with E-state index in [0.29, 0.717) is 10.0 Å². The molecule has 2 heteroatoms. The van der Waals surface area contributed by atoms with Crippen LogP contribution >= 0.6 is 23.2 Å². The summed E-state index contributed by atoms with van der Waals surface area (Å²) in [6.45, 7) is 2.13. The third-order valence-electron chi connectivity index (χ3n) is 5.40. The van der Waals surface area contributed by atoms with Gasteiger partial charge in [0.25, 0.3) is 0 Å². The molecule has 2 aromatic carbocycles. The van der Waals surface area contributed by atoms with Gasteiger partial charge < -0.3 is 0 Å². The van der Waals surface area contributed by atoms with E-state index in [4.69, 9.17) is 23.2 Å². The lowest BCUT2D eigenvalue weighted by Gasteiger charge is -2.26. The fourth-order valence-electron chi connectivity index (χ4n) is 3.85. The van der Waals surface area contributed by atoms with Crippen LogP contribution in [0.25, 0.3) is 11.1 Å². The summed E-state index contributed by atoms with van der Waals surface area (Å²) in [7, 11) is 0. The van der Waals surface area contributed by atoms with Gasteiger partial charge in [-0.15, -0.1) is 0 Å². The van der Waals surface area contributed by atoms with E-state index in [1.54, 1.807) is 0 Å². The molecule has 0 amide bonds. The first-order valence-electron chi connectivity index (χ1n) is 9.33. The van der Waals surface area contributed by atoms with Gasteiger partial charge in [-0.1, -0.05) is 65.7 Å². The molecule has 0 nitrogen and oxygen atoms in total. The van der Waals surface area contributed by atoms with Crippen LogP contribution in [0.3, 0.4) is 0 Å². The number of hydrogen-bond acceptors (Lipinski definition) is 0. The van der Waals surface area contributed by atoms with Crippen LogP contribution in [0.15, 0.2) is 54.6 Å². The molecule has 25 heavy (non-hydrogen) atoms. The second kappa shape index (κ2) is 8.92. The van der Waals surface area contributed by atoms with Gasteiger partial charge >= 0.3 is 0 Å². The molecule has 0 unspecified atom stereocenters. The maximum atomic E-state index is 6.12. The molecular formula is C23H26Cl2. The Morgan fingerprint density at radius 3 is 2.20 bits per heavy atom. The van der Waals surface area contributed by atoms with Crippen molar-refractivity contribution in [2.24, 2.45) is 11.8 Å². The summed E-state index contributed by atoms with van der Waals surface area (Å²) >= 11 is 12.1. The molecule has 132 valence electrons. The number of halogens is 2. The molecule has 0 spiro atoms. The molecule has 0 radical (unpaired) electrons. The first-order valence-corrected chi connectivity index (χ1v) is 10.1. The zero-order valence-corrected chi connectivity index (χ0v) is 16.4. The standard InChI is InChI=1S/C23H26Cl2/c1-2-3-17-4-6-18(7-5-17)8-9-19-10-12-20(13-11-19)21-14-15-22(24)23(25)16-21/h2-3,10-18H,4-9H2,1H3/t17-,18-. The predicted octanol–water partition coefficient (Wildman–Crippen LogP) is 7.98. The lowest BCUT2D eigenvalue weighted by molar-refractivity contribution is 0.296. The van der Waals surface area contributed by atoms with E-state index in [9.17, 15) is 0 Å². The van der Waals surface area contributed by atoms with Gasteiger partial charge in [0, 0.05) is 0 Å². The zero-order valence-electron chi connectivity index (χ0n) is 14.8. The van der Waals surface area contributed by atoms with Crippen molar-refractivity contribution in [3.05, 3.63) is 70.2 Å². The average Bonchev–Trinajstić information content (AvgIpc) is 2.64. The lowest BCUT2D eigenvalue weighted by Crippen LogP contribution is -2.13. The van der Waals surface area contributed by atoms with Gasteiger partial charge in [-0.2, -0.15) is 0 Å². The Labute approximate surface area is 161 Å². The van der Waals surface area contributed by atoms with Crippen molar-refractivity contribution in [1.82, 2.24) is 0 Å². The van der Waals surface area contributed by atoms with Crippen LogP contribution in [0.1, 0.15) is 44.6 Å². The molecule has 0 saturated heterocycles. The smallest absolute Gasteiger partial charge is 0.0598 e. The highest BCUT2D eigenvalue weighted by atomic mass is 35.5. The summed E-state index contributed by atoms with van der Waals surface area (Å²) in [5.41, 5.74) is 3.73. The molecular weight excluding hydrogens is 347 g/mol. The van der Waals surface area contributed by atoms with Crippen LogP contribution in [-0.4, -0.2) is 0 Å². The maximum absolute atomic E-state index is 6.12. The predicted molar refractivity (Wildman–Crippen MR) is 110 cm³/mol. The Bertz CT molecular complexity index is 707. The third-order valence-corrected chi connectivity index (χ3v) is 6.14. The first-order chi connectivity index (χ1) is 12.2. The van der Waals surface area contributed by atoms with Crippen LogP contribution in [-0.2, 0) is 6.42 Å². The Hall–Kier alpha value is -1.24. The molecule has 2 aromatic rings. The molecule has 1 aliphatic rings. The van der Waals surface area contributed by atoms with E-state index >= 15 is 0 Å². The quantitative estimate of drug-likeness (QED) is 0.466. The van der Waals surface area contributed by atoms with Crippen molar-refractivity contribution >= 4 is 23.2 Å². The van der Waals surface area contributed by atoms with Gasteiger partial charge in [-0.25, -0.2) is 0 Å². The molecule has 0 N–H and O–H groups in total. The Balaban J connectivity index is 1.54.